The van der Waals surface area contributed by atoms with E-state index in [0.717, 1.165) is 47.1 Å². The van der Waals surface area contributed by atoms with Crippen LogP contribution in [0.3, 0.4) is 0 Å². The smallest absolute Gasteiger partial charge is 0.187 e. The molecule has 0 amide bonds. The number of hydrogen-bond donors (Lipinski definition) is 1. The molecule has 1 aliphatic carbocycles. The Morgan fingerprint density at radius 1 is 1.00 bits per heavy atom. The van der Waals surface area contributed by atoms with Gasteiger partial charge in [-0.1, -0.05) is 0 Å². The number of rotatable bonds is 2. The summed E-state index contributed by atoms with van der Waals surface area (Å²) in [6, 6.07) is 0. The second kappa shape index (κ2) is 5.53. The zero-order valence-electron chi connectivity index (χ0n) is 11.9. The summed E-state index contributed by atoms with van der Waals surface area (Å²) in [4.78, 5) is 21.3. The van der Waals surface area contributed by atoms with Crippen LogP contribution in [0.15, 0.2) is 34.3 Å². The van der Waals surface area contributed by atoms with Gasteiger partial charge >= 0.3 is 0 Å². The first-order chi connectivity index (χ1) is 10.8. The quantitative estimate of drug-likeness (QED) is 0.861. The Hall–Kier alpha value is -1.63. The molecule has 1 saturated heterocycles. The highest BCUT2D eigenvalue weighted by atomic mass is 32.1. The average molecular weight is 329 g/mol. The van der Waals surface area contributed by atoms with Crippen LogP contribution in [0.4, 0.5) is 0 Å². The van der Waals surface area contributed by atoms with E-state index in [1.54, 1.807) is 35.1 Å². The van der Waals surface area contributed by atoms with E-state index in [0.29, 0.717) is 0 Å². The number of nitrogens with one attached hydrogen (secondary N) is 1. The van der Waals surface area contributed by atoms with Gasteiger partial charge in [0, 0.05) is 39.7 Å². The lowest BCUT2D eigenvalue weighted by atomic mass is 9.55. The fourth-order valence-electron chi connectivity index (χ4n) is 3.32. The Labute approximate surface area is 136 Å². The van der Waals surface area contributed by atoms with Crippen molar-refractivity contribution < 1.29 is 4.79 Å². The maximum atomic E-state index is 12.7. The highest BCUT2D eigenvalue weighted by molar-refractivity contribution is 7.10. The zero-order valence-corrected chi connectivity index (χ0v) is 13.5. The highest BCUT2D eigenvalue weighted by Crippen LogP contribution is 2.55. The molecule has 4 rings (SSSR count). The van der Waals surface area contributed by atoms with Crippen molar-refractivity contribution >= 4 is 40.6 Å². The number of hydrogen-bond acceptors (Lipinski definition) is 6. The predicted octanol–water partition coefficient (Wildman–Crippen LogP) is 3.02. The Morgan fingerprint density at radius 2 is 1.55 bits per heavy atom. The number of ketones is 1. The van der Waals surface area contributed by atoms with E-state index in [4.69, 9.17) is 0 Å². The van der Waals surface area contributed by atoms with Crippen molar-refractivity contribution in [2.24, 2.45) is 5.41 Å². The van der Waals surface area contributed by atoms with E-state index < -0.39 is 0 Å². The summed E-state index contributed by atoms with van der Waals surface area (Å²) in [6.07, 6.45) is 9.46. The first-order valence-corrected chi connectivity index (χ1v) is 9.04. The first kappa shape index (κ1) is 14.0. The van der Waals surface area contributed by atoms with Gasteiger partial charge in [0.1, 0.15) is 10.0 Å². The zero-order chi connectivity index (χ0) is 15.0. The molecule has 2 fully saturated rings. The third-order valence-electron chi connectivity index (χ3n) is 4.42. The Kier molecular flexibility index (Phi) is 3.52. The van der Waals surface area contributed by atoms with E-state index >= 15 is 0 Å². The second-order valence-corrected chi connectivity index (χ2v) is 7.37. The van der Waals surface area contributed by atoms with Crippen LogP contribution >= 0.6 is 22.7 Å². The summed E-state index contributed by atoms with van der Waals surface area (Å²) in [6.45, 7) is 1.88. The molecule has 112 valence electrons. The second-order valence-electron chi connectivity index (χ2n) is 5.52. The highest BCUT2D eigenvalue weighted by Gasteiger charge is 2.53. The lowest BCUT2D eigenvalue weighted by Crippen LogP contribution is -2.50. The predicted molar refractivity (Wildman–Crippen MR) is 89.7 cm³/mol. The molecule has 1 N–H and O–H groups in total. The van der Waals surface area contributed by atoms with Gasteiger partial charge in [0.05, 0.1) is 0 Å². The van der Waals surface area contributed by atoms with Gasteiger partial charge in [-0.05, 0) is 38.1 Å². The standard InChI is InChI=1S/C16H15N3OS2/c20-15-11(9-13-18-5-7-21-13)16(1-3-17-4-2-16)12(15)10-14-19-6-8-22-14/h5-10,17H,1-4H2/b11-9-,12-10-. The summed E-state index contributed by atoms with van der Waals surface area (Å²) in [5.74, 6) is 0.160. The maximum Gasteiger partial charge on any atom is 0.187 e. The van der Waals surface area contributed by atoms with Crippen molar-refractivity contribution in [1.29, 1.82) is 0 Å². The summed E-state index contributed by atoms with van der Waals surface area (Å²) in [5.41, 5.74) is 1.73. The number of Topliss-reactive ketones (excluding diaryl/α,β-unsaturated/α-hetero) is 1. The van der Waals surface area contributed by atoms with Crippen LogP contribution in [0, 0.1) is 5.41 Å². The Balaban J connectivity index is 1.76. The molecule has 22 heavy (non-hydrogen) atoms. The molecule has 1 spiro atoms. The summed E-state index contributed by atoms with van der Waals surface area (Å²) >= 11 is 3.14. The molecule has 6 heteroatoms. The maximum absolute atomic E-state index is 12.7. The number of aromatic nitrogens is 2. The Bertz CT molecular complexity index is 682. The van der Waals surface area contributed by atoms with Crippen molar-refractivity contribution in [1.82, 2.24) is 15.3 Å². The molecule has 1 saturated carbocycles. The summed E-state index contributed by atoms with van der Waals surface area (Å²) in [5, 5.41) is 9.10. The fraction of sp³-hybridized carbons (Fsp3) is 0.312. The number of thiazole rings is 2. The van der Waals surface area contributed by atoms with E-state index in [1.165, 1.54) is 0 Å². The van der Waals surface area contributed by atoms with Crippen LogP contribution in [0.1, 0.15) is 22.9 Å². The molecular formula is C16H15N3OS2. The molecule has 4 nitrogen and oxygen atoms in total. The third-order valence-corrected chi connectivity index (χ3v) is 5.86. The first-order valence-electron chi connectivity index (χ1n) is 7.28. The number of carbonyl (C=O) groups excluding carboxylic acids is 1. The van der Waals surface area contributed by atoms with Gasteiger partial charge in [-0.2, -0.15) is 0 Å². The number of carbonyl (C=O) groups is 1. The van der Waals surface area contributed by atoms with Gasteiger partial charge in [-0.15, -0.1) is 22.7 Å². The molecule has 1 aliphatic heterocycles. The minimum atomic E-state index is -0.111. The minimum absolute atomic E-state index is 0.111. The van der Waals surface area contributed by atoms with Crippen LogP contribution in [-0.2, 0) is 4.79 Å². The molecule has 0 unspecified atom stereocenters. The van der Waals surface area contributed by atoms with E-state index in [9.17, 15) is 4.79 Å². The molecule has 2 aromatic rings. The van der Waals surface area contributed by atoms with Crippen molar-refractivity contribution in [3.63, 3.8) is 0 Å². The molecule has 0 radical (unpaired) electrons. The van der Waals surface area contributed by atoms with Gasteiger partial charge in [0.15, 0.2) is 5.78 Å². The summed E-state index contributed by atoms with van der Waals surface area (Å²) in [7, 11) is 0. The molecule has 0 atom stereocenters. The van der Waals surface area contributed by atoms with Crippen LogP contribution in [-0.4, -0.2) is 28.8 Å². The normalized spacial score (nSPS) is 24.1. The molecule has 0 aromatic carbocycles. The lowest BCUT2D eigenvalue weighted by Gasteiger charge is -2.48. The number of piperidine rings is 1. The van der Waals surface area contributed by atoms with Crippen molar-refractivity contribution in [3.05, 3.63) is 44.3 Å². The minimum Gasteiger partial charge on any atom is -0.317 e. The molecule has 2 aromatic heterocycles. The van der Waals surface area contributed by atoms with Crippen LogP contribution < -0.4 is 5.32 Å². The Morgan fingerprint density at radius 3 is 2.00 bits per heavy atom. The monoisotopic (exact) mass is 329 g/mol. The van der Waals surface area contributed by atoms with E-state index in [-0.39, 0.29) is 11.2 Å². The van der Waals surface area contributed by atoms with Crippen LogP contribution in [0.2, 0.25) is 0 Å². The summed E-state index contributed by atoms with van der Waals surface area (Å²) < 4.78 is 0. The SMILES string of the molecule is O=C1/C(=C/c2nccs2)C2(CCNCC2)/C1=C\c1nccs1. The van der Waals surface area contributed by atoms with E-state index in [2.05, 4.69) is 15.3 Å². The topological polar surface area (TPSA) is 54.9 Å². The van der Waals surface area contributed by atoms with Crippen LogP contribution in [0.25, 0.3) is 12.2 Å². The lowest BCUT2D eigenvalue weighted by molar-refractivity contribution is -0.118. The van der Waals surface area contributed by atoms with Crippen molar-refractivity contribution in [3.8, 4) is 0 Å². The third kappa shape index (κ3) is 2.18. The van der Waals surface area contributed by atoms with E-state index in [1.807, 2.05) is 22.9 Å². The van der Waals surface area contributed by atoms with Crippen molar-refractivity contribution in [2.75, 3.05) is 13.1 Å². The molecule has 3 heterocycles. The number of nitrogens with zero attached hydrogens (tertiary/aromatic N) is 2. The van der Waals surface area contributed by atoms with Gasteiger partial charge < -0.3 is 5.32 Å². The van der Waals surface area contributed by atoms with Gasteiger partial charge in [-0.25, -0.2) is 9.97 Å². The van der Waals surface area contributed by atoms with Gasteiger partial charge in [-0.3, -0.25) is 4.79 Å². The average Bonchev–Trinajstić information content (AvgIpc) is 3.24. The molecular weight excluding hydrogens is 314 g/mol. The largest absolute Gasteiger partial charge is 0.317 e. The number of allylic oxidation sites excluding steroid dienone is 2. The van der Waals surface area contributed by atoms with Gasteiger partial charge in [0.2, 0.25) is 0 Å². The van der Waals surface area contributed by atoms with Gasteiger partial charge in [0.25, 0.3) is 0 Å². The van der Waals surface area contributed by atoms with Crippen LogP contribution in [0.5, 0.6) is 0 Å². The van der Waals surface area contributed by atoms with Crippen molar-refractivity contribution in [2.45, 2.75) is 12.8 Å². The fourth-order valence-corrected chi connectivity index (χ4v) is 4.46. The molecule has 2 aliphatic rings. The molecule has 0 bridgehead atoms.